The number of allylic oxidation sites excluding steroid dienone is 6. The Morgan fingerprint density at radius 3 is 2.15 bits per heavy atom. The number of phosphoric ester groups is 1. The SMILES string of the molecule is COC[C@@H]([C@H](O)[C@H](O)C(=O)N[C@H](C)C[C@H](C)c1nc(/C=C/C[C@@H]2O[C@@]3(C[C@H](O[C@@H]4O[C@@H](C)[C@H](OC)[C@@H](OC)[C@H]4OC)[C@@H]2C)O[C@H]([C@H](C[C@H](O)[C@H](C)[C@H](O)[C@H](C)/C=C(C)/C(C)=C\C=C\C(C)=C\C(N)=O)OC)[C@H](OP(=O)(O)O)C3(C)C)co1)N(C)C. The van der Waals surface area contributed by atoms with Gasteiger partial charge in [0.2, 0.25) is 5.91 Å². The van der Waals surface area contributed by atoms with Gasteiger partial charge in [-0.3, -0.25) is 14.1 Å². The minimum absolute atomic E-state index is 0.00700. The molecule has 0 saturated carbocycles. The number of oxazole rings is 1. The number of carbonyl (C=O) groups excluding carboxylic acids is 2. The molecule has 4 heterocycles. The molecule has 1 aromatic heterocycles. The Morgan fingerprint density at radius 1 is 0.929 bits per heavy atom. The highest BCUT2D eigenvalue weighted by molar-refractivity contribution is 7.46. The van der Waals surface area contributed by atoms with E-state index >= 15 is 0 Å². The van der Waals surface area contributed by atoms with E-state index in [2.05, 4.69) is 5.32 Å². The second-order valence-corrected chi connectivity index (χ2v) is 25.3. The standard InChI is InChI=1S/C60H101N4O20P/c1-32(25-47(61)66)21-19-22-33(2)34(3)26-35(4)48(67)38(7)43(65)28-45(75-15)52-55(84-85(71,72)73)59(10,11)60(83-52)29-46(81-58-54(78-18)53(77-17)51(76-16)40(9)80-58)39(8)44(82-60)24-20-23-41-30-79-57(63-41)36(5)27-37(6)62-56(70)50(69)49(68)42(31-74-14)64(12)13/h19-23,25-26,30,35-40,42-46,48-55,58,65,67-69H,24,27-29,31H2,1-18H3,(H2,61,66)(H,62,70)(H2,71,72,73)/b21-19+,23-20+,32-25+,33-22-,34-26+/t35-,36+,37-,38+,39-,40+,42+,43+,44+,45+,46+,48-,49+,50+,51+,52-,53-,54-,55+,58+,60+/m1/s1. The summed E-state index contributed by atoms with van der Waals surface area (Å²) in [7, 11) is 5.66. The van der Waals surface area contributed by atoms with Crippen LogP contribution in [0.25, 0.3) is 6.08 Å². The monoisotopic (exact) mass is 1230 g/mol. The molecule has 1 spiro atoms. The van der Waals surface area contributed by atoms with Crippen LogP contribution in [0.3, 0.4) is 0 Å². The van der Waals surface area contributed by atoms with Crippen molar-refractivity contribution in [1.29, 1.82) is 0 Å². The molecule has 0 aromatic carbocycles. The first kappa shape index (κ1) is 73.9. The Morgan fingerprint density at radius 2 is 1.58 bits per heavy atom. The van der Waals surface area contributed by atoms with E-state index in [1.807, 2.05) is 59.8 Å². The summed E-state index contributed by atoms with van der Waals surface area (Å²) in [5.74, 6) is -4.45. The molecule has 4 rings (SSSR count). The van der Waals surface area contributed by atoms with Crippen LogP contribution in [-0.4, -0.2) is 212 Å². The fraction of sp³-hybridized carbons (Fsp3) is 0.750. The minimum Gasteiger partial charge on any atom is -0.448 e. The van der Waals surface area contributed by atoms with Crippen LogP contribution in [0.2, 0.25) is 0 Å². The number of aliphatic hydroxyl groups is 4. The molecule has 25 heteroatoms. The largest absolute Gasteiger partial charge is 0.469 e. The molecule has 3 aliphatic rings. The molecular weight excluding hydrogens is 1130 g/mol. The predicted molar refractivity (Wildman–Crippen MR) is 316 cm³/mol. The van der Waals surface area contributed by atoms with Gasteiger partial charge in [-0.15, -0.1) is 0 Å². The Labute approximate surface area is 502 Å². The minimum atomic E-state index is -5.26. The van der Waals surface area contributed by atoms with E-state index < -0.39 is 146 Å². The molecule has 9 N–H and O–H groups in total. The number of nitrogens with zero attached hydrogens (tertiary/aromatic N) is 2. The number of ether oxygens (including phenoxy) is 9. The molecule has 3 fully saturated rings. The number of methoxy groups -OCH3 is 5. The summed E-state index contributed by atoms with van der Waals surface area (Å²) in [6.45, 7) is 20.1. The van der Waals surface area contributed by atoms with Gasteiger partial charge in [0.25, 0.3) is 5.91 Å². The van der Waals surface area contributed by atoms with Gasteiger partial charge in [-0.05, 0) is 78.8 Å². The molecule has 0 aliphatic carbocycles. The molecule has 1 aromatic rings. The number of nitrogens with two attached hydrogens (primary N) is 1. The zero-order valence-electron chi connectivity index (χ0n) is 53.0. The maximum absolute atomic E-state index is 13.0. The van der Waals surface area contributed by atoms with Crippen molar-refractivity contribution in [3.8, 4) is 0 Å². The molecule has 2 amide bonds. The molecule has 0 radical (unpaired) electrons. The molecule has 0 bridgehead atoms. The number of aliphatic hydroxyl groups excluding tert-OH is 4. The van der Waals surface area contributed by atoms with Crippen LogP contribution in [0.4, 0.5) is 0 Å². The van der Waals surface area contributed by atoms with Gasteiger partial charge in [-0.25, -0.2) is 9.55 Å². The van der Waals surface area contributed by atoms with E-state index in [9.17, 15) is 44.4 Å². The van der Waals surface area contributed by atoms with Gasteiger partial charge in [0.15, 0.2) is 24.1 Å². The average molecular weight is 1230 g/mol. The van der Waals surface area contributed by atoms with Gasteiger partial charge in [0.05, 0.1) is 49.3 Å². The van der Waals surface area contributed by atoms with Crippen molar-refractivity contribution in [3.05, 3.63) is 71.0 Å². The third-order valence-corrected chi connectivity index (χ3v) is 17.6. The number of amides is 2. The lowest BCUT2D eigenvalue weighted by molar-refractivity contribution is -0.366. The highest BCUT2D eigenvalue weighted by atomic mass is 31.2. The first-order chi connectivity index (χ1) is 39.7. The number of nitrogens with one attached hydrogen (secondary N) is 1. The molecule has 0 unspecified atom stereocenters. The number of aromatic nitrogens is 1. The molecule has 3 aliphatic heterocycles. The number of hydrogen-bond donors (Lipinski definition) is 8. The highest BCUT2D eigenvalue weighted by Gasteiger charge is 2.68. The molecule has 3 saturated heterocycles. The lowest BCUT2D eigenvalue weighted by atomic mass is 9.72. The second-order valence-electron chi connectivity index (χ2n) is 24.1. The average Bonchev–Trinajstić information content (AvgIpc) is 1.76. The third kappa shape index (κ3) is 19.4. The summed E-state index contributed by atoms with van der Waals surface area (Å²) >= 11 is 0. The third-order valence-electron chi connectivity index (χ3n) is 17.1. The van der Waals surface area contributed by atoms with Gasteiger partial charge in [-0.2, -0.15) is 0 Å². The van der Waals surface area contributed by atoms with E-state index in [-0.39, 0.29) is 31.8 Å². The molecule has 21 atom stereocenters. The van der Waals surface area contributed by atoms with Crippen LogP contribution in [0.15, 0.2) is 63.9 Å². The molecule has 85 heavy (non-hydrogen) atoms. The predicted octanol–water partition coefficient (Wildman–Crippen LogP) is 4.85. The normalized spacial score (nSPS) is 30.8. The zero-order valence-corrected chi connectivity index (χ0v) is 53.9. The first-order valence-electron chi connectivity index (χ1n) is 29.0. The molecular formula is C60H101N4O20P. The highest BCUT2D eigenvalue weighted by Crippen LogP contribution is 2.59. The van der Waals surface area contributed by atoms with E-state index in [1.165, 1.54) is 33.7 Å². The van der Waals surface area contributed by atoms with Crippen molar-refractivity contribution < 1.29 is 95.9 Å². The lowest BCUT2D eigenvalue weighted by Crippen LogP contribution is -2.62. The van der Waals surface area contributed by atoms with Gasteiger partial charge in [-0.1, -0.05) is 77.5 Å². The van der Waals surface area contributed by atoms with Crippen LogP contribution < -0.4 is 11.1 Å². The number of carbonyl (C=O) groups is 2. The summed E-state index contributed by atoms with van der Waals surface area (Å²) in [4.78, 5) is 51.7. The summed E-state index contributed by atoms with van der Waals surface area (Å²) in [6, 6.07) is -1.06. The van der Waals surface area contributed by atoms with Crippen LogP contribution in [0, 0.1) is 23.2 Å². The summed E-state index contributed by atoms with van der Waals surface area (Å²) < 4.78 is 81.1. The second kappa shape index (κ2) is 32.8. The summed E-state index contributed by atoms with van der Waals surface area (Å²) in [5.41, 5.74) is 6.83. The number of rotatable bonds is 32. The maximum atomic E-state index is 13.0. The van der Waals surface area contributed by atoms with Crippen molar-refractivity contribution in [2.75, 3.05) is 56.3 Å². The quantitative estimate of drug-likeness (QED) is 0.0271. The van der Waals surface area contributed by atoms with Crippen molar-refractivity contribution in [3.63, 3.8) is 0 Å². The van der Waals surface area contributed by atoms with Crippen LogP contribution >= 0.6 is 7.82 Å². The van der Waals surface area contributed by atoms with Crippen LogP contribution in [0.1, 0.15) is 119 Å². The number of hydrogen-bond acceptors (Lipinski definition) is 20. The van der Waals surface area contributed by atoms with Crippen molar-refractivity contribution in [2.24, 2.45) is 28.9 Å². The van der Waals surface area contributed by atoms with Crippen LogP contribution in [-0.2, 0) is 61.3 Å². The number of primary amides is 1. The van der Waals surface area contributed by atoms with E-state index in [1.54, 1.807) is 86.1 Å². The Kier molecular flexibility index (Phi) is 28.5. The van der Waals surface area contributed by atoms with E-state index in [0.717, 1.165) is 11.1 Å². The Bertz CT molecular complexity index is 2480. The van der Waals surface area contributed by atoms with Crippen molar-refractivity contribution >= 4 is 25.7 Å². The van der Waals surface area contributed by atoms with Crippen molar-refractivity contribution in [1.82, 2.24) is 15.2 Å². The zero-order chi connectivity index (χ0) is 64.1. The van der Waals surface area contributed by atoms with Gasteiger partial charge < -0.3 is 93.2 Å². The first-order valence-corrected chi connectivity index (χ1v) is 30.6. The van der Waals surface area contributed by atoms with Gasteiger partial charge in [0, 0.05) is 89.6 Å². The topological polar surface area (TPSA) is 332 Å². The lowest BCUT2D eigenvalue weighted by Gasteiger charge is -2.52. The van der Waals surface area contributed by atoms with Crippen molar-refractivity contribution in [2.45, 2.75) is 211 Å². The summed E-state index contributed by atoms with van der Waals surface area (Å²) in [5, 5.41) is 47.9. The smallest absolute Gasteiger partial charge is 0.448 e. The van der Waals surface area contributed by atoms with Crippen LogP contribution in [0.5, 0.6) is 0 Å². The van der Waals surface area contributed by atoms with Gasteiger partial charge >= 0.3 is 7.82 Å². The Balaban J connectivity index is 1.65. The fourth-order valence-electron chi connectivity index (χ4n) is 11.7. The van der Waals surface area contributed by atoms with E-state index in [4.69, 9.17) is 62.3 Å². The van der Waals surface area contributed by atoms with E-state index in [0.29, 0.717) is 23.6 Å². The number of phosphoric acid groups is 1. The maximum Gasteiger partial charge on any atom is 0.469 e. The van der Waals surface area contributed by atoms with Gasteiger partial charge in [0.1, 0.15) is 48.6 Å². The summed E-state index contributed by atoms with van der Waals surface area (Å²) in [6.07, 6.45) is 0.312. The molecule has 486 valence electrons. The Hall–Kier alpha value is -3.60. The molecule has 24 nitrogen and oxygen atoms in total. The number of likely N-dealkylation sites (N-methyl/N-ethyl adjacent to an activating group) is 1. The fourth-order valence-corrected chi connectivity index (χ4v) is 12.4.